The third-order valence-corrected chi connectivity index (χ3v) is 6.64. The van der Waals surface area contributed by atoms with Crippen molar-refractivity contribution >= 4 is 22.4 Å². The van der Waals surface area contributed by atoms with E-state index in [0.717, 1.165) is 62.2 Å². The highest BCUT2D eigenvalue weighted by molar-refractivity contribution is 5.98. The monoisotopic (exact) mass is 428 g/mol. The lowest BCUT2D eigenvalue weighted by Crippen LogP contribution is -2.16. The molecular weight excluding hydrogens is 392 g/mol. The van der Waals surface area contributed by atoms with Gasteiger partial charge in [-0.05, 0) is 81.1 Å². The maximum absolute atomic E-state index is 6.22. The van der Waals surface area contributed by atoms with Crippen molar-refractivity contribution in [3.8, 4) is 0 Å². The van der Waals surface area contributed by atoms with E-state index in [1.807, 2.05) is 6.08 Å². The average molecular weight is 429 g/mol. The van der Waals surface area contributed by atoms with Gasteiger partial charge in [-0.25, -0.2) is 4.99 Å². The van der Waals surface area contributed by atoms with Crippen molar-refractivity contribution in [2.75, 3.05) is 0 Å². The minimum atomic E-state index is 0.324. The van der Waals surface area contributed by atoms with Gasteiger partial charge in [0.2, 0.25) is 0 Å². The van der Waals surface area contributed by atoms with E-state index in [0.29, 0.717) is 12.0 Å². The number of hydrogen-bond donors (Lipinski definition) is 1. The number of ether oxygens (including phenoxy) is 1. The van der Waals surface area contributed by atoms with E-state index in [9.17, 15) is 0 Å². The van der Waals surface area contributed by atoms with Gasteiger partial charge < -0.3 is 9.72 Å². The Kier molecular flexibility index (Phi) is 7.53. The number of nitrogens with zero attached hydrogens (tertiary/aromatic N) is 1. The number of H-pyrrole nitrogens is 1. The van der Waals surface area contributed by atoms with Crippen molar-refractivity contribution < 1.29 is 4.74 Å². The molecule has 3 heteroatoms. The van der Waals surface area contributed by atoms with E-state index < -0.39 is 0 Å². The minimum Gasteiger partial charge on any atom is -0.487 e. The Morgan fingerprint density at radius 1 is 1.25 bits per heavy atom. The fraction of sp³-hybridized carbons (Fsp3) is 0.483. The fourth-order valence-electron chi connectivity index (χ4n) is 4.70. The molecule has 1 saturated carbocycles. The minimum absolute atomic E-state index is 0.324. The molecule has 0 saturated heterocycles. The van der Waals surface area contributed by atoms with Crippen LogP contribution in [0.25, 0.3) is 10.9 Å². The van der Waals surface area contributed by atoms with Crippen LogP contribution in [-0.4, -0.2) is 16.8 Å². The summed E-state index contributed by atoms with van der Waals surface area (Å²) in [5.74, 6) is 2.38. The molecule has 0 spiro atoms. The lowest BCUT2D eigenvalue weighted by atomic mass is 9.97. The molecule has 0 unspecified atom stereocenters. The molecule has 1 aliphatic carbocycles. The molecule has 1 aromatic heterocycles. The van der Waals surface area contributed by atoms with Crippen molar-refractivity contribution in [1.29, 1.82) is 0 Å². The second kappa shape index (κ2) is 10.7. The van der Waals surface area contributed by atoms with E-state index in [-0.39, 0.29) is 0 Å². The average Bonchev–Trinajstić information content (AvgIpc) is 3.15. The zero-order valence-corrected chi connectivity index (χ0v) is 19.7. The van der Waals surface area contributed by atoms with Crippen LogP contribution >= 0.6 is 0 Å². The maximum Gasteiger partial charge on any atom is 0.138 e. The Bertz CT molecular complexity index is 1080. The molecule has 4 rings (SSSR count). The number of nitrogens with one attached hydrogen (secondary N) is 1. The summed E-state index contributed by atoms with van der Waals surface area (Å²) in [6.45, 7) is 8.37. The second-order valence-corrected chi connectivity index (χ2v) is 9.40. The Labute approximate surface area is 192 Å². The van der Waals surface area contributed by atoms with Gasteiger partial charge in [-0.2, -0.15) is 0 Å². The van der Waals surface area contributed by atoms with Crippen LogP contribution in [0.15, 0.2) is 59.1 Å². The number of fused-ring (bicyclic) bond motifs is 3. The van der Waals surface area contributed by atoms with Crippen LogP contribution in [0, 0.1) is 0 Å². The molecule has 3 nitrogen and oxygen atoms in total. The maximum atomic E-state index is 6.22. The molecule has 0 amide bonds. The molecule has 1 aromatic carbocycles. The lowest BCUT2D eigenvalue weighted by molar-refractivity contribution is 0.0781. The van der Waals surface area contributed by atoms with Gasteiger partial charge in [-0.3, -0.25) is 0 Å². The Hall–Kier alpha value is -2.73. The summed E-state index contributed by atoms with van der Waals surface area (Å²) < 4.78 is 6.22. The van der Waals surface area contributed by atoms with Crippen molar-refractivity contribution in [2.45, 2.75) is 90.1 Å². The molecule has 1 aliphatic heterocycles. The Balaban J connectivity index is 1.58. The topological polar surface area (TPSA) is 37.4 Å². The molecule has 0 radical (unpaired) electrons. The van der Waals surface area contributed by atoms with E-state index in [4.69, 9.17) is 9.73 Å². The third kappa shape index (κ3) is 5.54. The van der Waals surface area contributed by atoms with Crippen LogP contribution in [0.5, 0.6) is 0 Å². The predicted molar refractivity (Wildman–Crippen MR) is 135 cm³/mol. The summed E-state index contributed by atoms with van der Waals surface area (Å²) >= 11 is 0. The number of aromatic nitrogens is 1. The van der Waals surface area contributed by atoms with Gasteiger partial charge >= 0.3 is 0 Å². The number of aromatic amines is 1. The first-order valence-corrected chi connectivity index (χ1v) is 12.3. The number of benzene rings is 1. The molecule has 2 aliphatic rings. The molecule has 2 heterocycles. The molecule has 1 N–H and O–H groups in total. The van der Waals surface area contributed by atoms with Crippen molar-refractivity contribution in [3.05, 3.63) is 65.3 Å². The summed E-state index contributed by atoms with van der Waals surface area (Å²) in [4.78, 5) is 8.66. The molecule has 0 atom stereocenters. The zero-order chi connectivity index (χ0) is 22.3. The number of allylic oxidation sites excluding steroid dienone is 2. The molecule has 1 fully saturated rings. The van der Waals surface area contributed by atoms with Gasteiger partial charge in [0.25, 0.3) is 0 Å². The lowest BCUT2D eigenvalue weighted by Gasteiger charge is -2.23. The standard InChI is InChI=1S/C29H36N2O/c1-4-24(32-25-13-9-7-10-14-25)18-17-23-12-8-5-6-11-15-26-27-20-22(21(2)3)16-19-28(27)31-29(26)30-23/h5,12,16,19-21,25,31H,1,6-7,9-11,13-15,17-18H2,2-3H3. The van der Waals surface area contributed by atoms with E-state index >= 15 is 0 Å². The van der Waals surface area contributed by atoms with Crippen LogP contribution in [0.3, 0.4) is 0 Å². The van der Waals surface area contributed by atoms with Crippen molar-refractivity contribution in [1.82, 2.24) is 4.98 Å². The third-order valence-electron chi connectivity index (χ3n) is 6.64. The molecule has 32 heavy (non-hydrogen) atoms. The number of rotatable bonds is 6. The van der Waals surface area contributed by atoms with Crippen molar-refractivity contribution in [3.63, 3.8) is 0 Å². The number of hydrogen-bond acceptors (Lipinski definition) is 2. The second-order valence-electron chi connectivity index (χ2n) is 9.40. The highest BCUT2D eigenvalue weighted by atomic mass is 16.5. The van der Waals surface area contributed by atoms with Gasteiger partial charge in [-0.1, -0.05) is 38.6 Å². The van der Waals surface area contributed by atoms with Crippen molar-refractivity contribution in [2.24, 2.45) is 4.99 Å². The van der Waals surface area contributed by atoms with Crippen LogP contribution in [-0.2, 0) is 11.2 Å². The molecule has 2 aromatic rings. The summed E-state index contributed by atoms with van der Waals surface area (Å²) in [7, 11) is 0. The fourth-order valence-corrected chi connectivity index (χ4v) is 4.70. The normalized spacial score (nSPS) is 17.2. The number of aryl methyl sites for hydroxylation is 1. The molecule has 168 valence electrons. The smallest absolute Gasteiger partial charge is 0.138 e. The number of aliphatic imine (C=N–C) groups is 1. The van der Waals surface area contributed by atoms with E-state index in [1.165, 1.54) is 41.3 Å². The van der Waals surface area contributed by atoms with Gasteiger partial charge in [0, 0.05) is 29.0 Å². The zero-order valence-electron chi connectivity index (χ0n) is 19.7. The summed E-state index contributed by atoms with van der Waals surface area (Å²) in [6, 6.07) is 6.78. The SMILES string of the molecule is C=C=C(CCC1=Nc2[nH]c3ccc(C(C)C)cc3c2CCCC=C=C1)OC1CCCCC1. The first-order chi connectivity index (χ1) is 15.6. The van der Waals surface area contributed by atoms with Gasteiger partial charge in [-0.15, -0.1) is 5.73 Å². The summed E-state index contributed by atoms with van der Waals surface area (Å²) in [5, 5.41) is 1.31. The van der Waals surface area contributed by atoms with E-state index in [2.05, 4.69) is 61.1 Å². The summed E-state index contributed by atoms with van der Waals surface area (Å²) in [6.07, 6.45) is 15.3. The first kappa shape index (κ1) is 22.5. The van der Waals surface area contributed by atoms with Crippen LogP contribution < -0.4 is 0 Å². The molecular formula is C29H36N2O. The van der Waals surface area contributed by atoms with Crippen LogP contribution in [0.2, 0.25) is 0 Å². The predicted octanol–water partition coefficient (Wildman–Crippen LogP) is 8.21. The van der Waals surface area contributed by atoms with E-state index in [1.54, 1.807) is 0 Å². The van der Waals surface area contributed by atoms with Gasteiger partial charge in [0.15, 0.2) is 0 Å². The van der Waals surface area contributed by atoms with Crippen LogP contribution in [0.1, 0.15) is 88.7 Å². The highest BCUT2D eigenvalue weighted by Crippen LogP contribution is 2.33. The molecule has 0 bridgehead atoms. The largest absolute Gasteiger partial charge is 0.487 e. The highest BCUT2D eigenvalue weighted by Gasteiger charge is 2.17. The Morgan fingerprint density at radius 3 is 2.88 bits per heavy atom. The van der Waals surface area contributed by atoms with Crippen LogP contribution in [0.4, 0.5) is 5.82 Å². The Morgan fingerprint density at radius 2 is 2.09 bits per heavy atom. The van der Waals surface area contributed by atoms with Gasteiger partial charge in [0.05, 0.1) is 11.8 Å². The quantitative estimate of drug-likeness (QED) is 0.365. The summed E-state index contributed by atoms with van der Waals surface area (Å²) in [5.41, 5.74) is 11.3. The van der Waals surface area contributed by atoms with Gasteiger partial charge in [0.1, 0.15) is 11.6 Å². The first-order valence-electron chi connectivity index (χ1n) is 12.3.